The quantitative estimate of drug-likeness (QED) is 0.805. The molecule has 118 valence electrons. The topological polar surface area (TPSA) is 48.7 Å². The predicted octanol–water partition coefficient (Wildman–Crippen LogP) is 3.91. The van der Waals surface area contributed by atoms with Crippen LogP contribution in [0, 0.1) is 0 Å². The molecule has 1 N–H and O–H groups in total. The van der Waals surface area contributed by atoms with Crippen LogP contribution in [-0.4, -0.2) is 32.5 Å². The fourth-order valence-corrected chi connectivity index (χ4v) is 3.88. The third kappa shape index (κ3) is 3.34. The molecule has 1 saturated heterocycles. The first kappa shape index (κ1) is 16.2. The number of amidine groups is 1. The van der Waals surface area contributed by atoms with Gasteiger partial charge in [0.25, 0.3) is 0 Å². The minimum Gasteiger partial charge on any atom is -0.366 e. The van der Waals surface area contributed by atoms with Gasteiger partial charge in [-0.3, -0.25) is 4.98 Å². The van der Waals surface area contributed by atoms with Gasteiger partial charge >= 0.3 is 0 Å². The largest absolute Gasteiger partial charge is 0.366 e. The van der Waals surface area contributed by atoms with E-state index in [-0.39, 0.29) is 0 Å². The molecule has 3 rings (SSSR count). The van der Waals surface area contributed by atoms with Gasteiger partial charge in [0.1, 0.15) is 0 Å². The number of rotatable bonds is 4. The number of hydrogen-bond acceptors (Lipinski definition) is 4. The fourth-order valence-electron chi connectivity index (χ4n) is 2.42. The van der Waals surface area contributed by atoms with Crippen molar-refractivity contribution in [2.24, 2.45) is 4.99 Å². The van der Waals surface area contributed by atoms with Crippen molar-refractivity contribution < 1.29 is 5.11 Å². The molecule has 1 aromatic heterocycles. The second-order valence-corrected chi connectivity index (χ2v) is 6.98. The normalized spacial score (nSPS) is 22.5. The molecule has 4 nitrogen and oxygen atoms in total. The first-order chi connectivity index (χ1) is 11.1. The summed E-state index contributed by atoms with van der Waals surface area (Å²) in [5.74, 6) is 0.515. The van der Waals surface area contributed by atoms with Crippen molar-refractivity contribution in [1.82, 2.24) is 9.88 Å². The molecule has 2 aromatic rings. The number of hydrogen-bond donors (Lipinski definition) is 1. The van der Waals surface area contributed by atoms with E-state index in [1.165, 1.54) is 11.8 Å². The summed E-state index contributed by atoms with van der Waals surface area (Å²) in [7, 11) is 0. The van der Waals surface area contributed by atoms with E-state index in [4.69, 9.17) is 0 Å². The van der Waals surface area contributed by atoms with Crippen LogP contribution in [0.3, 0.4) is 0 Å². The lowest BCUT2D eigenvalue weighted by Crippen LogP contribution is -2.45. The lowest BCUT2D eigenvalue weighted by atomic mass is 10.0. The second kappa shape index (κ2) is 6.86. The second-order valence-electron chi connectivity index (χ2n) is 5.12. The lowest BCUT2D eigenvalue weighted by Gasteiger charge is -2.33. The average Bonchev–Trinajstić information content (AvgIpc) is 2.87. The van der Waals surface area contributed by atoms with Gasteiger partial charge in [-0.05, 0) is 24.3 Å². The highest BCUT2D eigenvalue weighted by molar-refractivity contribution is 9.10. The van der Waals surface area contributed by atoms with E-state index >= 15 is 0 Å². The third-order valence-corrected chi connectivity index (χ3v) is 5.21. The van der Waals surface area contributed by atoms with Crippen LogP contribution in [0.5, 0.6) is 0 Å². The maximum absolute atomic E-state index is 11.2. The Kier molecular flexibility index (Phi) is 4.84. The monoisotopic (exact) mass is 389 g/mol. The molecular formula is C17H16BrN3OS. The first-order valence-corrected chi connectivity index (χ1v) is 8.90. The van der Waals surface area contributed by atoms with Gasteiger partial charge in [0, 0.05) is 22.8 Å². The fraction of sp³-hybridized carbons (Fsp3) is 0.176. The maximum atomic E-state index is 11.2. The third-order valence-electron chi connectivity index (χ3n) is 3.57. The van der Waals surface area contributed by atoms with Crippen molar-refractivity contribution in [2.75, 3.05) is 12.3 Å². The highest BCUT2D eigenvalue weighted by Crippen LogP contribution is 2.40. The lowest BCUT2D eigenvalue weighted by molar-refractivity contribution is -0.0422. The Labute approximate surface area is 148 Å². The minimum absolute atomic E-state index is 0.513. The van der Waals surface area contributed by atoms with E-state index in [2.05, 4.69) is 32.5 Å². The van der Waals surface area contributed by atoms with Crippen molar-refractivity contribution in [1.29, 1.82) is 0 Å². The van der Waals surface area contributed by atoms with Crippen LogP contribution in [0.25, 0.3) is 0 Å². The Morgan fingerprint density at radius 1 is 1.39 bits per heavy atom. The standard InChI is InChI=1S/C17H16BrN3OS/c1-2-10-21-16(20-15-4-3-9-19-11-15)23-12-17(21,22)13-5-7-14(18)8-6-13/h2-9,11,22H,1,10,12H2. The van der Waals surface area contributed by atoms with Crippen LogP contribution in [0.15, 0.2) is 70.9 Å². The van der Waals surface area contributed by atoms with E-state index in [1.807, 2.05) is 41.3 Å². The van der Waals surface area contributed by atoms with Crippen LogP contribution in [0.1, 0.15) is 5.56 Å². The number of aromatic nitrogens is 1. The maximum Gasteiger partial charge on any atom is 0.175 e. The molecule has 0 spiro atoms. The average molecular weight is 390 g/mol. The van der Waals surface area contributed by atoms with E-state index in [0.29, 0.717) is 12.3 Å². The molecule has 1 aliphatic heterocycles. The summed E-state index contributed by atoms with van der Waals surface area (Å²) < 4.78 is 0.982. The first-order valence-electron chi connectivity index (χ1n) is 7.12. The van der Waals surface area contributed by atoms with Gasteiger partial charge in [0.2, 0.25) is 0 Å². The molecule has 1 aromatic carbocycles. The number of thioether (sulfide) groups is 1. The van der Waals surface area contributed by atoms with Crippen LogP contribution in [-0.2, 0) is 5.72 Å². The van der Waals surface area contributed by atoms with E-state index in [0.717, 1.165) is 20.9 Å². The van der Waals surface area contributed by atoms with Crippen molar-refractivity contribution in [3.63, 3.8) is 0 Å². The van der Waals surface area contributed by atoms with E-state index in [9.17, 15) is 5.11 Å². The summed E-state index contributed by atoms with van der Waals surface area (Å²) in [5.41, 5.74) is 0.510. The molecule has 0 amide bonds. The molecule has 1 unspecified atom stereocenters. The van der Waals surface area contributed by atoms with E-state index in [1.54, 1.807) is 18.5 Å². The predicted molar refractivity (Wildman–Crippen MR) is 98.7 cm³/mol. The number of aliphatic hydroxyl groups is 1. The summed E-state index contributed by atoms with van der Waals surface area (Å²) in [5, 5.41) is 12.0. The number of aliphatic imine (C=N–C) groups is 1. The summed E-state index contributed by atoms with van der Waals surface area (Å²) in [4.78, 5) is 10.6. The number of pyridine rings is 1. The van der Waals surface area contributed by atoms with Crippen molar-refractivity contribution >= 4 is 38.5 Å². The molecule has 1 fully saturated rings. The zero-order valence-electron chi connectivity index (χ0n) is 12.4. The number of halogens is 1. The number of benzene rings is 1. The Hall–Kier alpha value is -1.63. The molecule has 23 heavy (non-hydrogen) atoms. The molecule has 6 heteroatoms. The molecule has 0 saturated carbocycles. The van der Waals surface area contributed by atoms with Crippen LogP contribution in [0.2, 0.25) is 0 Å². The molecule has 0 aliphatic carbocycles. The Morgan fingerprint density at radius 3 is 2.83 bits per heavy atom. The van der Waals surface area contributed by atoms with Gasteiger partial charge < -0.3 is 10.0 Å². The SMILES string of the molecule is C=CCN1C(=Nc2cccnc2)SCC1(O)c1ccc(Br)cc1. The van der Waals surface area contributed by atoms with Gasteiger partial charge in [-0.2, -0.15) is 0 Å². The highest BCUT2D eigenvalue weighted by Gasteiger charge is 2.44. The van der Waals surface area contributed by atoms with Crippen LogP contribution in [0.4, 0.5) is 5.69 Å². The Bertz CT molecular complexity index is 720. The minimum atomic E-state index is -1.10. The van der Waals surface area contributed by atoms with Gasteiger partial charge in [-0.15, -0.1) is 6.58 Å². The van der Waals surface area contributed by atoms with E-state index < -0.39 is 5.72 Å². The molecule has 2 heterocycles. The summed E-state index contributed by atoms with van der Waals surface area (Å²) >= 11 is 4.96. The summed E-state index contributed by atoms with van der Waals surface area (Å²) in [6.45, 7) is 4.31. The van der Waals surface area contributed by atoms with Gasteiger partial charge in [0.15, 0.2) is 10.9 Å². The molecule has 1 atom stereocenters. The summed E-state index contributed by atoms with van der Waals surface area (Å²) in [6.07, 6.45) is 5.19. The van der Waals surface area contributed by atoms with Crippen molar-refractivity contribution in [2.45, 2.75) is 5.72 Å². The van der Waals surface area contributed by atoms with Crippen LogP contribution < -0.4 is 0 Å². The molecule has 0 bridgehead atoms. The summed E-state index contributed by atoms with van der Waals surface area (Å²) in [6, 6.07) is 11.4. The molecule has 0 radical (unpaired) electrons. The van der Waals surface area contributed by atoms with Crippen molar-refractivity contribution in [3.05, 3.63) is 71.5 Å². The number of nitrogens with zero attached hydrogens (tertiary/aromatic N) is 3. The smallest absolute Gasteiger partial charge is 0.175 e. The van der Waals surface area contributed by atoms with Gasteiger partial charge in [-0.1, -0.05) is 45.9 Å². The van der Waals surface area contributed by atoms with Gasteiger partial charge in [-0.25, -0.2) is 4.99 Å². The molecular weight excluding hydrogens is 374 g/mol. The van der Waals surface area contributed by atoms with Crippen LogP contribution >= 0.6 is 27.7 Å². The zero-order chi connectivity index (χ0) is 16.3. The molecule has 1 aliphatic rings. The zero-order valence-corrected chi connectivity index (χ0v) is 14.8. The van der Waals surface area contributed by atoms with Crippen molar-refractivity contribution in [3.8, 4) is 0 Å². The highest BCUT2D eigenvalue weighted by atomic mass is 79.9. The Morgan fingerprint density at radius 2 is 2.17 bits per heavy atom. The Balaban J connectivity index is 1.97. The van der Waals surface area contributed by atoms with Gasteiger partial charge in [0.05, 0.1) is 17.6 Å².